The van der Waals surface area contributed by atoms with E-state index >= 15 is 0 Å². The number of fused-ring (bicyclic) bond motifs is 1. The van der Waals surface area contributed by atoms with Crippen molar-refractivity contribution in [3.8, 4) is 0 Å². The fourth-order valence-electron chi connectivity index (χ4n) is 3.26. The minimum absolute atomic E-state index is 0.0358. The third-order valence-corrected chi connectivity index (χ3v) is 6.68. The molecule has 1 aliphatic rings. The first-order chi connectivity index (χ1) is 13.6. The normalized spacial score (nSPS) is 15.1. The number of piperazine rings is 1. The molecule has 146 valence electrons. The number of thiazole rings is 1. The van der Waals surface area contributed by atoms with Gasteiger partial charge in [0.05, 0.1) is 9.72 Å². The highest BCUT2D eigenvalue weighted by Gasteiger charge is 2.20. The van der Waals surface area contributed by atoms with E-state index < -0.39 is 0 Å². The fraction of sp³-hybridized carbons (Fsp3) is 0.300. The number of benzene rings is 2. The third-order valence-electron chi connectivity index (χ3n) is 4.80. The summed E-state index contributed by atoms with van der Waals surface area (Å²) in [6.07, 6.45) is 0. The van der Waals surface area contributed by atoms with Crippen molar-refractivity contribution in [2.75, 3.05) is 44.2 Å². The lowest BCUT2D eigenvalue weighted by Crippen LogP contribution is -2.48. The second-order valence-electron chi connectivity index (χ2n) is 6.68. The number of carbonyl (C=O) groups is 1. The number of rotatable bonds is 5. The number of anilines is 1. The van der Waals surface area contributed by atoms with Crippen LogP contribution in [-0.4, -0.2) is 55.1 Å². The SMILES string of the molecule is O=C(NCCN1CCN(c2nc3c(Cl)cccc3s2)CC1)c1cccc(Br)c1. The van der Waals surface area contributed by atoms with Crippen molar-refractivity contribution < 1.29 is 4.79 Å². The van der Waals surface area contributed by atoms with Gasteiger partial charge in [-0.2, -0.15) is 0 Å². The van der Waals surface area contributed by atoms with Crippen LogP contribution >= 0.6 is 38.9 Å². The Morgan fingerprint density at radius 3 is 2.71 bits per heavy atom. The second-order valence-corrected chi connectivity index (χ2v) is 9.01. The van der Waals surface area contributed by atoms with Gasteiger partial charge in [-0.25, -0.2) is 4.98 Å². The molecule has 0 bridgehead atoms. The van der Waals surface area contributed by atoms with E-state index in [1.165, 1.54) is 0 Å². The molecule has 0 atom stereocenters. The monoisotopic (exact) mass is 478 g/mol. The van der Waals surface area contributed by atoms with Crippen molar-refractivity contribution in [1.82, 2.24) is 15.2 Å². The van der Waals surface area contributed by atoms with Crippen LogP contribution in [0, 0.1) is 0 Å². The molecule has 8 heteroatoms. The molecule has 0 radical (unpaired) electrons. The number of amides is 1. The largest absolute Gasteiger partial charge is 0.351 e. The van der Waals surface area contributed by atoms with Crippen molar-refractivity contribution in [2.45, 2.75) is 0 Å². The standard InChI is InChI=1S/C20H20BrClN4OS/c21-15-4-1-3-14(13-15)19(27)23-7-8-25-9-11-26(12-10-25)20-24-18-16(22)5-2-6-17(18)28-20/h1-6,13H,7-12H2,(H,23,27). The zero-order valence-electron chi connectivity index (χ0n) is 15.2. The fourth-order valence-corrected chi connectivity index (χ4v) is 4.98. The summed E-state index contributed by atoms with van der Waals surface area (Å²) in [7, 11) is 0. The van der Waals surface area contributed by atoms with Gasteiger partial charge < -0.3 is 10.2 Å². The van der Waals surface area contributed by atoms with Crippen LogP contribution in [0.1, 0.15) is 10.4 Å². The molecular weight excluding hydrogens is 460 g/mol. The van der Waals surface area contributed by atoms with Crippen LogP contribution in [0.3, 0.4) is 0 Å². The minimum Gasteiger partial charge on any atom is -0.351 e. The molecule has 2 aromatic carbocycles. The van der Waals surface area contributed by atoms with E-state index in [2.05, 4.69) is 37.1 Å². The molecule has 1 saturated heterocycles. The van der Waals surface area contributed by atoms with Crippen LogP contribution in [0.15, 0.2) is 46.9 Å². The van der Waals surface area contributed by atoms with E-state index in [1.807, 2.05) is 36.4 Å². The Hall–Kier alpha value is -1.67. The van der Waals surface area contributed by atoms with Gasteiger partial charge in [0, 0.05) is 49.3 Å². The maximum atomic E-state index is 12.2. The first-order valence-electron chi connectivity index (χ1n) is 9.16. The Kier molecular flexibility index (Phi) is 6.16. The average Bonchev–Trinajstić information content (AvgIpc) is 3.14. The molecule has 4 rings (SSSR count). The van der Waals surface area contributed by atoms with Crippen molar-refractivity contribution >= 4 is 60.1 Å². The molecule has 2 heterocycles. The summed E-state index contributed by atoms with van der Waals surface area (Å²) in [5, 5.41) is 4.74. The van der Waals surface area contributed by atoms with Crippen molar-refractivity contribution in [1.29, 1.82) is 0 Å². The van der Waals surface area contributed by atoms with Gasteiger partial charge in [0.15, 0.2) is 5.13 Å². The van der Waals surface area contributed by atoms with Crippen LogP contribution in [0.2, 0.25) is 5.02 Å². The van der Waals surface area contributed by atoms with Crippen LogP contribution < -0.4 is 10.2 Å². The second kappa shape index (κ2) is 8.78. The molecule has 1 aliphatic heterocycles. The third kappa shape index (κ3) is 4.49. The number of halogens is 2. The highest BCUT2D eigenvalue weighted by molar-refractivity contribution is 9.10. The maximum absolute atomic E-state index is 12.2. The van der Waals surface area contributed by atoms with E-state index in [0.29, 0.717) is 17.1 Å². The number of hydrogen-bond acceptors (Lipinski definition) is 5. The highest BCUT2D eigenvalue weighted by atomic mass is 79.9. The zero-order chi connectivity index (χ0) is 19.5. The van der Waals surface area contributed by atoms with E-state index in [1.54, 1.807) is 11.3 Å². The number of nitrogens with one attached hydrogen (secondary N) is 1. The van der Waals surface area contributed by atoms with Gasteiger partial charge >= 0.3 is 0 Å². The van der Waals surface area contributed by atoms with E-state index in [9.17, 15) is 4.79 Å². The molecule has 3 aromatic rings. The predicted molar refractivity (Wildman–Crippen MR) is 120 cm³/mol. The number of nitrogens with zero attached hydrogens (tertiary/aromatic N) is 3. The Balaban J connectivity index is 1.26. The summed E-state index contributed by atoms with van der Waals surface area (Å²) in [6, 6.07) is 13.3. The Bertz CT molecular complexity index is 987. The average molecular weight is 480 g/mol. The Morgan fingerprint density at radius 2 is 1.96 bits per heavy atom. The lowest BCUT2D eigenvalue weighted by Gasteiger charge is -2.34. The predicted octanol–water partition coefficient (Wildman–Crippen LogP) is 4.26. The van der Waals surface area contributed by atoms with E-state index in [0.717, 1.165) is 52.5 Å². The maximum Gasteiger partial charge on any atom is 0.251 e. The Labute approximate surface area is 181 Å². The zero-order valence-corrected chi connectivity index (χ0v) is 18.4. The van der Waals surface area contributed by atoms with Gasteiger partial charge in [0.2, 0.25) is 0 Å². The molecule has 1 aromatic heterocycles. The van der Waals surface area contributed by atoms with Crippen LogP contribution in [-0.2, 0) is 0 Å². The number of para-hydroxylation sites is 1. The molecule has 1 N–H and O–H groups in total. The first-order valence-corrected chi connectivity index (χ1v) is 11.1. The lowest BCUT2D eigenvalue weighted by molar-refractivity contribution is 0.0947. The van der Waals surface area contributed by atoms with Crippen molar-refractivity contribution in [2.24, 2.45) is 0 Å². The summed E-state index contributed by atoms with van der Waals surface area (Å²) in [6.45, 7) is 5.25. The van der Waals surface area contributed by atoms with Crippen molar-refractivity contribution in [3.05, 3.63) is 57.5 Å². The van der Waals surface area contributed by atoms with Gasteiger partial charge in [0.1, 0.15) is 5.52 Å². The van der Waals surface area contributed by atoms with Gasteiger partial charge in [0.25, 0.3) is 5.91 Å². The summed E-state index contributed by atoms with van der Waals surface area (Å²) in [4.78, 5) is 21.6. The molecule has 1 fully saturated rings. The first kappa shape index (κ1) is 19.6. The molecule has 0 aliphatic carbocycles. The number of aromatic nitrogens is 1. The molecule has 0 saturated carbocycles. The summed E-state index contributed by atoms with van der Waals surface area (Å²) in [5.41, 5.74) is 1.57. The lowest BCUT2D eigenvalue weighted by atomic mass is 10.2. The molecule has 0 spiro atoms. The molecule has 1 amide bonds. The smallest absolute Gasteiger partial charge is 0.251 e. The van der Waals surface area contributed by atoms with Gasteiger partial charge in [-0.05, 0) is 30.3 Å². The van der Waals surface area contributed by atoms with Crippen LogP contribution in [0.25, 0.3) is 10.2 Å². The summed E-state index contributed by atoms with van der Waals surface area (Å²) >= 11 is 11.3. The Morgan fingerprint density at radius 1 is 1.18 bits per heavy atom. The van der Waals surface area contributed by atoms with Gasteiger partial charge in [-0.1, -0.05) is 51.0 Å². The van der Waals surface area contributed by atoms with Gasteiger partial charge in [-0.15, -0.1) is 0 Å². The summed E-state index contributed by atoms with van der Waals surface area (Å²) in [5.74, 6) is -0.0358. The molecule has 0 unspecified atom stereocenters. The minimum atomic E-state index is -0.0358. The van der Waals surface area contributed by atoms with E-state index in [4.69, 9.17) is 16.6 Å². The molecular formula is C20H20BrClN4OS. The highest BCUT2D eigenvalue weighted by Crippen LogP contribution is 2.33. The van der Waals surface area contributed by atoms with Crippen LogP contribution in [0.4, 0.5) is 5.13 Å². The van der Waals surface area contributed by atoms with Crippen molar-refractivity contribution in [3.63, 3.8) is 0 Å². The quantitative estimate of drug-likeness (QED) is 0.594. The topological polar surface area (TPSA) is 48.5 Å². The molecule has 28 heavy (non-hydrogen) atoms. The molecule has 5 nitrogen and oxygen atoms in total. The number of carbonyl (C=O) groups excluding carboxylic acids is 1. The van der Waals surface area contributed by atoms with E-state index in [-0.39, 0.29) is 5.91 Å². The van der Waals surface area contributed by atoms with Crippen LogP contribution in [0.5, 0.6) is 0 Å². The number of hydrogen-bond donors (Lipinski definition) is 1. The van der Waals surface area contributed by atoms with Gasteiger partial charge in [-0.3, -0.25) is 9.69 Å². The summed E-state index contributed by atoms with van der Waals surface area (Å²) < 4.78 is 2.03.